The maximum absolute atomic E-state index is 5.49. The van der Waals surface area contributed by atoms with E-state index in [1.54, 1.807) is 0 Å². The molecule has 0 aliphatic heterocycles. The topological polar surface area (TPSA) is 27.3 Å². The quantitative estimate of drug-likeness (QED) is 0.517. The largest absolute Gasteiger partial charge is 0.331 e. The summed E-state index contributed by atoms with van der Waals surface area (Å²) in [5.74, 6) is 0. The molecule has 0 fully saturated rings. The Labute approximate surface area is 147 Å². The summed E-state index contributed by atoms with van der Waals surface area (Å²) < 4.78 is 0. The van der Waals surface area contributed by atoms with Crippen molar-refractivity contribution in [3.8, 4) is 0 Å². The molecule has 4 heteroatoms. The molecule has 0 atom stereocenters. The van der Waals surface area contributed by atoms with Gasteiger partial charge in [0.1, 0.15) is 0 Å². The Balaban J connectivity index is 1.80. The fraction of sp³-hybridized carbons (Fsp3) is 0.0500. The highest BCUT2D eigenvalue weighted by molar-refractivity contribution is 7.80. The number of hydrazine groups is 1. The first-order valence-corrected chi connectivity index (χ1v) is 8.18. The molecule has 0 saturated heterocycles. The molecule has 0 aliphatic rings. The second-order valence-electron chi connectivity index (χ2n) is 5.44. The minimum Gasteiger partial charge on any atom is -0.331 e. The first kappa shape index (κ1) is 16.0. The van der Waals surface area contributed by atoms with Crippen molar-refractivity contribution in [2.45, 2.75) is 6.92 Å². The monoisotopic (exact) mass is 333 g/mol. The molecular formula is C20H19N3S. The number of para-hydroxylation sites is 2. The van der Waals surface area contributed by atoms with E-state index >= 15 is 0 Å². The molecule has 3 aromatic rings. The molecule has 2 N–H and O–H groups in total. The number of hydrogen-bond acceptors (Lipinski definition) is 2. The van der Waals surface area contributed by atoms with E-state index in [9.17, 15) is 0 Å². The van der Waals surface area contributed by atoms with Gasteiger partial charge in [-0.1, -0.05) is 48.5 Å². The SMILES string of the molecule is Cc1cccc(NC(=S)NN(c2ccccc2)c2ccccc2)c1. The van der Waals surface area contributed by atoms with Crippen molar-refractivity contribution in [1.29, 1.82) is 0 Å². The predicted molar refractivity (Wildman–Crippen MR) is 106 cm³/mol. The first-order chi connectivity index (χ1) is 11.7. The summed E-state index contributed by atoms with van der Waals surface area (Å²) in [5, 5.41) is 5.73. The van der Waals surface area contributed by atoms with Crippen molar-refractivity contribution < 1.29 is 0 Å². The van der Waals surface area contributed by atoms with Crippen molar-refractivity contribution >= 4 is 34.4 Å². The van der Waals surface area contributed by atoms with Crippen LogP contribution in [0.4, 0.5) is 17.1 Å². The molecule has 0 aliphatic carbocycles. The molecule has 3 aromatic carbocycles. The number of hydrogen-bond donors (Lipinski definition) is 2. The first-order valence-electron chi connectivity index (χ1n) is 7.77. The van der Waals surface area contributed by atoms with Crippen LogP contribution in [-0.2, 0) is 0 Å². The molecule has 0 bridgehead atoms. The van der Waals surface area contributed by atoms with Crippen molar-refractivity contribution in [3.05, 3.63) is 90.5 Å². The van der Waals surface area contributed by atoms with E-state index in [4.69, 9.17) is 12.2 Å². The van der Waals surface area contributed by atoms with E-state index in [0.29, 0.717) is 5.11 Å². The van der Waals surface area contributed by atoms with E-state index in [-0.39, 0.29) is 0 Å². The van der Waals surface area contributed by atoms with Gasteiger partial charge in [-0.25, -0.2) is 0 Å². The number of aryl methyl sites for hydroxylation is 1. The minimum atomic E-state index is 0.535. The summed E-state index contributed by atoms with van der Waals surface area (Å²) in [6.45, 7) is 2.06. The Hall–Kier alpha value is -2.85. The van der Waals surface area contributed by atoms with Gasteiger partial charge in [-0.2, -0.15) is 0 Å². The van der Waals surface area contributed by atoms with Crippen LogP contribution in [0.5, 0.6) is 0 Å². The second-order valence-corrected chi connectivity index (χ2v) is 5.85. The zero-order chi connectivity index (χ0) is 16.8. The lowest BCUT2D eigenvalue weighted by Crippen LogP contribution is -2.41. The van der Waals surface area contributed by atoms with Crippen LogP contribution in [-0.4, -0.2) is 5.11 Å². The average Bonchev–Trinajstić information content (AvgIpc) is 2.61. The number of nitrogens with one attached hydrogen (secondary N) is 2. The summed E-state index contributed by atoms with van der Waals surface area (Å²) >= 11 is 5.49. The lowest BCUT2D eigenvalue weighted by atomic mass is 10.2. The Bertz CT molecular complexity index is 764. The summed E-state index contributed by atoms with van der Waals surface area (Å²) in [5.41, 5.74) is 7.45. The van der Waals surface area contributed by atoms with Gasteiger partial charge in [0, 0.05) is 5.69 Å². The van der Waals surface area contributed by atoms with Gasteiger partial charge in [-0.05, 0) is 61.1 Å². The molecule has 0 aromatic heterocycles. The standard InChI is InChI=1S/C20H19N3S/c1-16-9-8-10-17(15-16)21-20(24)22-23(18-11-4-2-5-12-18)19-13-6-3-7-14-19/h2-15H,1H3,(H2,21,22,24). The highest BCUT2D eigenvalue weighted by atomic mass is 32.1. The molecule has 3 rings (SSSR count). The van der Waals surface area contributed by atoms with Crippen LogP contribution in [0, 0.1) is 6.92 Å². The van der Waals surface area contributed by atoms with Crippen molar-refractivity contribution in [1.82, 2.24) is 5.43 Å². The van der Waals surface area contributed by atoms with E-state index in [1.807, 2.05) is 77.8 Å². The van der Waals surface area contributed by atoms with E-state index in [2.05, 4.69) is 29.8 Å². The van der Waals surface area contributed by atoms with Crippen molar-refractivity contribution in [3.63, 3.8) is 0 Å². The van der Waals surface area contributed by atoms with E-state index in [1.165, 1.54) is 5.56 Å². The fourth-order valence-electron chi connectivity index (χ4n) is 2.42. The Morgan fingerprint density at radius 3 is 1.92 bits per heavy atom. The van der Waals surface area contributed by atoms with Gasteiger partial charge < -0.3 is 5.32 Å². The Morgan fingerprint density at radius 1 is 0.792 bits per heavy atom. The summed E-state index contributed by atoms with van der Waals surface area (Å²) in [6, 6.07) is 28.3. The summed E-state index contributed by atoms with van der Waals surface area (Å²) in [4.78, 5) is 0. The predicted octanol–water partition coefficient (Wildman–Crippen LogP) is 5.03. The molecule has 0 radical (unpaired) electrons. The molecule has 0 saturated carbocycles. The normalized spacial score (nSPS) is 10.0. The zero-order valence-electron chi connectivity index (χ0n) is 13.4. The van der Waals surface area contributed by atoms with Crippen molar-refractivity contribution in [2.75, 3.05) is 10.3 Å². The Morgan fingerprint density at radius 2 is 1.38 bits per heavy atom. The highest BCUT2D eigenvalue weighted by Gasteiger charge is 2.10. The fourth-order valence-corrected chi connectivity index (χ4v) is 2.62. The molecule has 0 amide bonds. The van der Waals surface area contributed by atoms with Gasteiger partial charge in [-0.15, -0.1) is 0 Å². The molecule has 0 spiro atoms. The average molecular weight is 333 g/mol. The molecule has 0 unspecified atom stereocenters. The molecular weight excluding hydrogens is 314 g/mol. The van der Waals surface area contributed by atoms with Gasteiger partial charge in [-0.3, -0.25) is 10.4 Å². The van der Waals surface area contributed by atoms with E-state index < -0.39 is 0 Å². The van der Waals surface area contributed by atoms with E-state index in [0.717, 1.165) is 17.1 Å². The third-order valence-electron chi connectivity index (χ3n) is 3.52. The van der Waals surface area contributed by atoms with Crippen LogP contribution >= 0.6 is 12.2 Å². The van der Waals surface area contributed by atoms with Crippen LogP contribution in [0.15, 0.2) is 84.9 Å². The van der Waals surface area contributed by atoms with Crippen LogP contribution in [0.2, 0.25) is 0 Å². The lowest BCUT2D eigenvalue weighted by molar-refractivity contribution is 0.943. The third kappa shape index (κ3) is 4.12. The van der Waals surface area contributed by atoms with Crippen LogP contribution in [0.1, 0.15) is 5.56 Å². The lowest BCUT2D eigenvalue weighted by Gasteiger charge is -2.27. The van der Waals surface area contributed by atoms with Gasteiger partial charge in [0.05, 0.1) is 11.4 Å². The number of nitrogens with zero attached hydrogens (tertiary/aromatic N) is 1. The van der Waals surface area contributed by atoms with Crippen LogP contribution < -0.4 is 15.8 Å². The summed E-state index contributed by atoms with van der Waals surface area (Å²) in [6.07, 6.45) is 0. The van der Waals surface area contributed by atoms with Crippen molar-refractivity contribution in [2.24, 2.45) is 0 Å². The smallest absolute Gasteiger partial charge is 0.190 e. The molecule has 120 valence electrons. The molecule has 3 nitrogen and oxygen atoms in total. The second kappa shape index (κ2) is 7.62. The van der Waals surface area contributed by atoms with Crippen LogP contribution in [0.3, 0.4) is 0 Å². The van der Waals surface area contributed by atoms with Gasteiger partial charge >= 0.3 is 0 Å². The van der Waals surface area contributed by atoms with Gasteiger partial charge in [0.15, 0.2) is 5.11 Å². The maximum atomic E-state index is 5.49. The highest BCUT2D eigenvalue weighted by Crippen LogP contribution is 2.22. The van der Waals surface area contributed by atoms with Gasteiger partial charge in [0.25, 0.3) is 0 Å². The number of anilines is 3. The number of thiocarbonyl (C=S) groups is 1. The molecule has 0 heterocycles. The molecule has 24 heavy (non-hydrogen) atoms. The maximum Gasteiger partial charge on any atom is 0.190 e. The third-order valence-corrected chi connectivity index (χ3v) is 3.71. The Kier molecular flexibility index (Phi) is 5.08. The van der Waals surface area contributed by atoms with Gasteiger partial charge in [0.2, 0.25) is 0 Å². The number of benzene rings is 3. The summed E-state index contributed by atoms with van der Waals surface area (Å²) in [7, 11) is 0. The number of rotatable bonds is 4. The zero-order valence-corrected chi connectivity index (χ0v) is 14.3. The minimum absolute atomic E-state index is 0.535. The van der Waals surface area contributed by atoms with Crippen LogP contribution in [0.25, 0.3) is 0 Å².